The number of nitrogens with zero attached hydrogens (tertiary/aromatic N) is 1. The van der Waals surface area contributed by atoms with E-state index in [-0.39, 0.29) is 17.4 Å². The van der Waals surface area contributed by atoms with Crippen LogP contribution in [0.15, 0.2) is 28.7 Å². The first-order chi connectivity index (χ1) is 11.4. The SMILES string of the molecule is C[C@@]12CCC(=O)N1[C@@H](C(=O)OCC(=O)Nc1cccc(Br)c1)CS2. The van der Waals surface area contributed by atoms with Crippen LogP contribution in [-0.4, -0.2) is 46.0 Å². The molecule has 3 rings (SSSR count). The number of halogens is 1. The second kappa shape index (κ2) is 6.76. The van der Waals surface area contributed by atoms with E-state index >= 15 is 0 Å². The summed E-state index contributed by atoms with van der Waals surface area (Å²) in [5.41, 5.74) is 0.615. The molecule has 0 saturated carbocycles. The van der Waals surface area contributed by atoms with Gasteiger partial charge in [0.1, 0.15) is 6.04 Å². The normalized spacial score (nSPS) is 25.5. The Morgan fingerprint density at radius 3 is 3.04 bits per heavy atom. The van der Waals surface area contributed by atoms with Crippen molar-refractivity contribution in [2.24, 2.45) is 0 Å². The minimum atomic E-state index is -0.603. The topological polar surface area (TPSA) is 75.7 Å². The zero-order valence-corrected chi connectivity index (χ0v) is 15.5. The second-order valence-electron chi connectivity index (χ2n) is 5.93. The maximum atomic E-state index is 12.3. The molecule has 0 spiro atoms. The van der Waals surface area contributed by atoms with Gasteiger partial charge < -0.3 is 15.0 Å². The van der Waals surface area contributed by atoms with Crippen LogP contribution in [0.3, 0.4) is 0 Å². The van der Waals surface area contributed by atoms with Crippen LogP contribution in [0.25, 0.3) is 0 Å². The van der Waals surface area contributed by atoms with Crippen molar-refractivity contribution in [3.8, 4) is 0 Å². The lowest BCUT2D eigenvalue weighted by atomic mass is 10.2. The highest BCUT2D eigenvalue weighted by molar-refractivity contribution is 9.10. The van der Waals surface area contributed by atoms with Crippen molar-refractivity contribution in [1.29, 1.82) is 0 Å². The molecular formula is C16H17BrN2O4S. The quantitative estimate of drug-likeness (QED) is 0.768. The van der Waals surface area contributed by atoms with Gasteiger partial charge in [-0.3, -0.25) is 9.59 Å². The van der Waals surface area contributed by atoms with Crippen LogP contribution in [0.1, 0.15) is 19.8 Å². The van der Waals surface area contributed by atoms with Crippen LogP contribution in [0.4, 0.5) is 5.69 Å². The zero-order valence-electron chi connectivity index (χ0n) is 13.1. The first-order valence-electron chi connectivity index (χ1n) is 7.57. The van der Waals surface area contributed by atoms with Crippen LogP contribution < -0.4 is 5.32 Å². The van der Waals surface area contributed by atoms with Crippen LogP contribution in [0, 0.1) is 0 Å². The summed E-state index contributed by atoms with van der Waals surface area (Å²) in [4.78, 5) is 37.5. The first-order valence-corrected chi connectivity index (χ1v) is 9.35. The van der Waals surface area contributed by atoms with Gasteiger partial charge in [0.15, 0.2) is 6.61 Å². The maximum Gasteiger partial charge on any atom is 0.330 e. The Hall–Kier alpha value is -1.54. The minimum Gasteiger partial charge on any atom is -0.454 e. The third kappa shape index (κ3) is 3.44. The Morgan fingerprint density at radius 1 is 1.50 bits per heavy atom. The highest BCUT2D eigenvalue weighted by atomic mass is 79.9. The van der Waals surface area contributed by atoms with E-state index in [1.165, 1.54) is 0 Å². The average Bonchev–Trinajstić information content (AvgIpc) is 3.02. The third-order valence-electron chi connectivity index (χ3n) is 4.17. The van der Waals surface area contributed by atoms with Gasteiger partial charge in [0.25, 0.3) is 5.91 Å². The lowest BCUT2D eigenvalue weighted by molar-refractivity contribution is -0.155. The molecule has 2 heterocycles. The van der Waals surface area contributed by atoms with Crippen LogP contribution >= 0.6 is 27.7 Å². The lowest BCUT2D eigenvalue weighted by Crippen LogP contribution is -2.47. The number of esters is 1. The number of fused-ring (bicyclic) bond motifs is 1. The van der Waals surface area contributed by atoms with Gasteiger partial charge in [0, 0.05) is 22.3 Å². The van der Waals surface area contributed by atoms with Gasteiger partial charge in [-0.2, -0.15) is 0 Å². The van der Waals surface area contributed by atoms with Crippen LogP contribution in [0.2, 0.25) is 0 Å². The number of anilines is 1. The largest absolute Gasteiger partial charge is 0.454 e. The summed E-state index contributed by atoms with van der Waals surface area (Å²) in [5, 5.41) is 2.66. The molecule has 0 unspecified atom stereocenters. The third-order valence-corrected chi connectivity index (χ3v) is 6.17. The number of benzene rings is 1. The van der Waals surface area contributed by atoms with Crippen molar-refractivity contribution < 1.29 is 19.1 Å². The van der Waals surface area contributed by atoms with Crippen LogP contribution in [-0.2, 0) is 19.1 Å². The zero-order chi connectivity index (χ0) is 17.3. The number of hydrogen-bond donors (Lipinski definition) is 1. The minimum absolute atomic E-state index is 0.0250. The van der Waals surface area contributed by atoms with E-state index in [0.717, 1.165) is 10.9 Å². The van der Waals surface area contributed by atoms with Gasteiger partial charge in [-0.05, 0) is 31.5 Å². The molecule has 6 nitrogen and oxygen atoms in total. The van der Waals surface area contributed by atoms with E-state index in [1.54, 1.807) is 34.9 Å². The summed E-state index contributed by atoms with van der Waals surface area (Å²) in [6.45, 7) is 1.60. The van der Waals surface area contributed by atoms with E-state index in [9.17, 15) is 14.4 Å². The number of rotatable bonds is 4. The van der Waals surface area contributed by atoms with Gasteiger partial charge in [-0.1, -0.05) is 22.0 Å². The molecule has 0 radical (unpaired) electrons. The number of thioether (sulfide) groups is 1. The molecule has 2 atom stereocenters. The van der Waals surface area contributed by atoms with Gasteiger partial charge in [-0.25, -0.2) is 4.79 Å². The van der Waals surface area contributed by atoms with Crippen molar-refractivity contribution in [3.63, 3.8) is 0 Å². The lowest BCUT2D eigenvalue weighted by Gasteiger charge is -2.29. The molecule has 128 valence electrons. The van der Waals surface area contributed by atoms with E-state index in [1.807, 2.05) is 13.0 Å². The van der Waals surface area contributed by atoms with E-state index < -0.39 is 17.9 Å². The summed E-state index contributed by atoms with van der Waals surface area (Å²) in [7, 11) is 0. The van der Waals surface area contributed by atoms with Crippen molar-refractivity contribution in [3.05, 3.63) is 28.7 Å². The van der Waals surface area contributed by atoms with E-state index in [4.69, 9.17) is 4.74 Å². The molecule has 2 fully saturated rings. The van der Waals surface area contributed by atoms with Gasteiger partial charge in [-0.15, -0.1) is 11.8 Å². The molecule has 24 heavy (non-hydrogen) atoms. The number of hydrogen-bond acceptors (Lipinski definition) is 5. The fourth-order valence-corrected chi connectivity index (χ4v) is 4.81. The Labute approximate surface area is 152 Å². The standard InChI is InChI=1S/C16H17BrN2O4S/c1-16-6-5-14(21)19(16)12(9-24-16)15(22)23-8-13(20)18-11-4-2-3-10(17)7-11/h2-4,7,12H,5-6,8-9H2,1H3,(H,18,20)/t12-,16-/m1/s1. The highest BCUT2D eigenvalue weighted by Crippen LogP contribution is 2.47. The maximum absolute atomic E-state index is 12.3. The Kier molecular flexibility index (Phi) is 4.87. The summed E-state index contributed by atoms with van der Waals surface area (Å²) >= 11 is 4.91. The fraction of sp³-hybridized carbons (Fsp3) is 0.438. The molecule has 1 N–H and O–H groups in total. The number of ether oxygens (including phenoxy) is 1. The number of carbonyl (C=O) groups is 3. The average molecular weight is 413 g/mol. The van der Waals surface area contributed by atoms with Crippen molar-refractivity contribution in [2.45, 2.75) is 30.7 Å². The summed E-state index contributed by atoms with van der Waals surface area (Å²) in [6.07, 6.45) is 1.19. The van der Waals surface area contributed by atoms with Crippen molar-refractivity contribution in [1.82, 2.24) is 4.90 Å². The second-order valence-corrected chi connectivity index (χ2v) is 8.35. The molecule has 1 aromatic carbocycles. The summed E-state index contributed by atoms with van der Waals surface area (Å²) < 4.78 is 5.96. The molecule has 2 aliphatic rings. The predicted molar refractivity (Wildman–Crippen MR) is 94.5 cm³/mol. The molecule has 2 saturated heterocycles. The number of carbonyl (C=O) groups excluding carboxylic acids is 3. The number of nitrogens with one attached hydrogen (secondary N) is 1. The molecule has 2 amide bonds. The first kappa shape index (κ1) is 17.3. The molecule has 0 aromatic heterocycles. The molecule has 8 heteroatoms. The molecule has 0 aliphatic carbocycles. The fourth-order valence-electron chi connectivity index (χ4n) is 2.99. The molecular weight excluding hydrogens is 396 g/mol. The van der Waals surface area contributed by atoms with Gasteiger partial charge >= 0.3 is 5.97 Å². The smallest absolute Gasteiger partial charge is 0.330 e. The van der Waals surface area contributed by atoms with E-state index in [0.29, 0.717) is 17.9 Å². The monoisotopic (exact) mass is 412 g/mol. The Bertz CT molecular complexity index is 698. The van der Waals surface area contributed by atoms with Crippen LogP contribution in [0.5, 0.6) is 0 Å². The predicted octanol–water partition coefficient (Wildman–Crippen LogP) is 2.38. The molecule has 0 bridgehead atoms. The van der Waals surface area contributed by atoms with Crippen molar-refractivity contribution >= 4 is 51.2 Å². The Balaban J connectivity index is 1.54. The highest BCUT2D eigenvalue weighted by Gasteiger charge is 2.53. The van der Waals surface area contributed by atoms with Crippen molar-refractivity contribution in [2.75, 3.05) is 17.7 Å². The van der Waals surface area contributed by atoms with Gasteiger partial charge in [0.2, 0.25) is 5.91 Å². The number of amides is 2. The van der Waals surface area contributed by atoms with Gasteiger partial charge in [0.05, 0.1) is 4.87 Å². The summed E-state index contributed by atoms with van der Waals surface area (Å²) in [5.74, 6) is -0.453. The molecule has 2 aliphatic heterocycles. The van der Waals surface area contributed by atoms with E-state index in [2.05, 4.69) is 21.2 Å². The summed E-state index contributed by atoms with van der Waals surface area (Å²) in [6, 6.07) is 6.53. The molecule has 1 aromatic rings. The Morgan fingerprint density at radius 2 is 2.29 bits per heavy atom.